The first kappa shape index (κ1) is 52.1. The number of rotatable bonds is 18. The number of hydrogen-bond donors (Lipinski definition) is 8. The number of ether oxygens (including phenoxy) is 3. The van der Waals surface area contributed by atoms with Crippen LogP contribution in [0.1, 0.15) is 135 Å². The van der Waals surface area contributed by atoms with Gasteiger partial charge in [-0.3, -0.25) is 9.78 Å². The predicted molar refractivity (Wildman–Crippen MR) is 269 cm³/mol. The van der Waals surface area contributed by atoms with Gasteiger partial charge in [0.25, 0.3) is 0 Å². The van der Waals surface area contributed by atoms with Gasteiger partial charge < -0.3 is 54.8 Å². The van der Waals surface area contributed by atoms with Crippen LogP contribution in [0.2, 0.25) is 0 Å². The van der Waals surface area contributed by atoms with Gasteiger partial charge in [0.1, 0.15) is 35.3 Å². The number of aliphatic hydroxyl groups excluding tert-OH is 6. The third-order valence-electron chi connectivity index (χ3n) is 13.7. The molecule has 3 aromatic heterocycles. The van der Waals surface area contributed by atoms with E-state index in [1.165, 1.54) is 34.7 Å². The fraction of sp³-hybridized carbons (Fsp3) is 0.620. The van der Waals surface area contributed by atoms with Gasteiger partial charge in [-0.25, -0.2) is 4.98 Å². The van der Waals surface area contributed by atoms with Gasteiger partial charge in [0.2, 0.25) is 0 Å². The van der Waals surface area contributed by atoms with E-state index in [0.717, 1.165) is 85.7 Å². The van der Waals surface area contributed by atoms with Gasteiger partial charge in [0.15, 0.2) is 5.12 Å². The molecule has 2 fully saturated rings. The number of carbonyl (C=O) groups is 1. The number of aryl methyl sites for hydroxylation is 3. The first-order valence-electron chi connectivity index (χ1n) is 23.8. The Hall–Kier alpha value is -2.78. The second kappa shape index (κ2) is 23.4. The average molecular weight is 983 g/mol. The zero-order chi connectivity index (χ0) is 48.1. The number of fused-ring (bicyclic) bond motifs is 8. The summed E-state index contributed by atoms with van der Waals surface area (Å²) in [7, 11) is 0. The molecule has 0 aliphatic carbocycles. The van der Waals surface area contributed by atoms with Crippen molar-refractivity contribution in [2.45, 2.75) is 159 Å². The highest BCUT2D eigenvalue weighted by molar-refractivity contribution is 8.13. The van der Waals surface area contributed by atoms with Crippen molar-refractivity contribution in [3.8, 4) is 0 Å². The van der Waals surface area contributed by atoms with Gasteiger partial charge >= 0.3 is 0 Å². The van der Waals surface area contributed by atoms with Crippen molar-refractivity contribution >= 4 is 74.1 Å². The number of aliphatic hydroxyl groups is 6. The molecule has 14 nitrogen and oxygen atoms in total. The van der Waals surface area contributed by atoms with E-state index in [1.54, 1.807) is 11.8 Å². The fourth-order valence-electron chi connectivity index (χ4n) is 9.73. The number of thioether (sulfide) groups is 3. The van der Waals surface area contributed by atoms with Crippen LogP contribution in [0.15, 0.2) is 18.2 Å². The normalized spacial score (nSPS) is 27.0. The standard InChI is InChI=1S/C50H70N4O10S3/c1-8-33-26(3)37-22-41-45(30(7)62-13-9-14-67-50-49(61)48(60)47(59)42(24-56)64-50)28(5)39(53-41)21-38-27(4)34(46(54-38)29(6)36-17-25(2)35(51-36)20-40(33)52-37)11-12-43(58)65-15-10-16-66-44-19-31(57)18-32(23-55)63-44/h17,20-22,27,30-32,34,42,44,47-50,52-53,55-57,59-61H,8-16,18-19,23-24H2,1-7H3/t27-,30?,31-,32-,34-,42+,44-,47+,48-,49+,50-/m0/s1. The molecular formula is C50H70N4O10S3. The molecule has 4 aliphatic heterocycles. The molecule has 368 valence electrons. The van der Waals surface area contributed by atoms with Crippen molar-refractivity contribution in [2.75, 3.05) is 37.1 Å². The van der Waals surface area contributed by atoms with Crippen LogP contribution in [0.5, 0.6) is 0 Å². The van der Waals surface area contributed by atoms with Gasteiger partial charge in [-0.05, 0) is 124 Å². The number of aromatic nitrogens is 4. The van der Waals surface area contributed by atoms with Crippen molar-refractivity contribution in [2.24, 2.45) is 0 Å². The molecule has 7 rings (SSSR count). The Bertz CT molecular complexity index is 2410. The summed E-state index contributed by atoms with van der Waals surface area (Å²) in [6, 6.07) is 6.47. The summed E-state index contributed by atoms with van der Waals surface area (Å²) in [6.45, 7) is 14.7. The number of nitrogens with one attached hydrogen (secondary N) is 2. The molecule has 0 spiro atoms. The van der Waals surface area contributed by atoms with E-state index in [-0.39, 0.29) is 41.2 Å². The molecule has 0 amide bonds. The quantitative estimate of drug-likeness (QED) is 0.0587. The van der Waals surface area contributed by atoms with Crippen LogP contribution in [-0.2, 0) is 25.4 Å². The summed E-state index contributed by atoms with van der Waals surface area (Å²) in [5.74, 6) is 2.11. The minimum absolute atomic E-state index is 0.00425. The molecule has 3 aromatic rings. The molecule has 4 aliphatic rings. The van der Waals surface area contributed by atoms with Crippen LogP contribution in [0.3, 0.4) is 0 Å². The molecule has 11 atom stereocenters. The second-order valence-corrected chi connectivity index (χ2v) is 22.0. The van der Waals surface area contributed by atoms with E-state index in [0.29, 0.717) is 50.2 Å². The highest BCUT2D eigenvalue weighted by atomic mass is 32.2. The zero-order valence-corrected chi connectivity index (χ0v) is 42.2. The minimum atomic E-state index is -1.41. The molecule has 0 saturated carbocycles. The molecule has 0 radical (unpaired) electrons. The van der Waals surface area contributed by atoms with E-state index in [4.69, 9.17) is 24.2 Å². The number of carbonyl (C=O) groups excluding carboxylic acids is 1. The van der Waals surface area contributed by atoms with Crippen LogP contribution in [0.4, 0.5) is 0 Å². The molecule has 1 unspecified atom stereocenters. The summed E-state index contributed by atoms with van der Waals surface area (Å²) in [6.07, 6.45) is 0.429. The van der Waals surface area contributed by atoms with Crippen molar-refractivity contribution in [3.63, 3.8) is 0 Å². The van der Waals surface area contributed by atoms with E-state index in [9.17, 15) is 35.4 Å². The highest BCUT2D eigenvalue weighted by Crippen LogP contribution is 2.43. The maximum absolute atomic E-state index is 13.4. The number of hydrogen-bond acceptors (Lipinski definition) is 15. The Morgan fingerprint density at radius 3 is 2.34 bits per heavy atom. The Balaban J connectivity index is 1.13. The van der Waals surface area contributed by atoms with E-state index < -0.39 is 42.6 Å². The largest absolute Gasteiger partial charge is 0.394 e. The molecule has 0 aromatic carbocycles. The van der Waals surface area contributed by atoms with Crippen molar-refractivity contribution in [1.82, 2.24) is 19.9 Å². The summed E-state index contributed by atoms with van der Waals surface area (Å²) >= 11 is 4.33. The zero-order valence-electron chi connectivity index (χ0n) is 39.8. The number of aromatic amines is 2. The molecule has 2 saturated heterocycles. The van der Waals surface area contributed by atoms with Crippen LogP contribution < -0.4 is 0 Å². The van der Waals surface area contributed by atoms with Crippen molar-refractivity contribution in [3.05, 3.63) is 68.8 Å². The molecule has 8 N–H and O–H groups in total. The third-order valence-corrected chi connectivity index (χ3v) is 17.2. The van der Waals surface area contributed by atoms with Crippen LogP contribution in [-0.4, -0.2) is 140 Å². The Labute approximate surface area is 406 Å². The molecule has 8 bridgehead atoms. The summed E-state index contributed by atoms with van der Waals surface area (Å²) in [4.78, 5) is 31.5. The maximum Gasteiger partial charge on any atom is 0.188 e. The maximum atomic E-state index is 13.4. The number of allylic oxidation sites excluding steroid dienone is 1. The Morgan fingerprint density at radius 1 is 0.851 bits per heavy atom. The first-order chi connectivity index (χ1) is 32.1. The van der Waals surface area contributed by atoms with E-state index >= 15 is 0 Å². The van der Waals surface area contributed by atoms with Crippen LogP contribution >= 0.6 is 35.3 Å². The topological polar surface area (TPSA) is 223 Å². The first-order valence-corrected chi connectivity index (χ1v) is 26.9. The SMILES string of the molecule is CCc1c(C)c2cc3[nH]c(cc4nc(c(C)c5nc(cc1[nH]2)C(C)=C5)[C@@H](CCC(=O)SCCCS[C@H]1C[C@@H](O)C[C@@H](CO)O1)[C@@H]4C)c(C)c3C(C)OCCCS[C@@H]1O[C@H](CO)[C@@H](O)[C@H](O)[C@H]1O. The Morgan fingerprint density at radius 2 is 1.60 bits per heavy atom. The lowest BCUT2D eigenvalue weighted by Crippen LogP contribution is -2.57. The van der Waals surface area contributed by atoms with Gasteiger partial charge in [-0.1, -0.05) is 25.6 Å². The van der Waals surface area contributed by atoms with E-state index in [2.05, 4.69) is 82.7 Å². The van der Waals surface area contributed by atoms with Gasteiger partial charge in [0.05, 0.1) is 42.9 Å². The Kier molecular flexibility index (Phi) is 18.2. The van der Waals surface area contributed by atoms with Gasteiger partial charge in [-0.15, -0.1) is 23.5 Å². The average Bonchev–Trinajstić information content (AvgIpc) is 4.02. The fourth-order valence-corrected chi connectivity index (χ4v) is 13.0. The van der Waals surface area contributed by atoms with Crippen LogP contribution in [0, 0.1) is 20.8 Å². The molecular weight excluding hydrogens is 913 g/mol. The summed E-state index contributed by atoms with van der Waals surface area (Å²) in [5, 5.41) is 60.3. The molecule has 7 heterocycles. The summed E-state index contributed by atoms with van der Waals surface area (Å²) in [5.41, 5.74) is 13.2. The monoisotopic (exact) mass is 982 g/mol. The van der Waals surface area contributed by atoms with Crippen LogP contribution in [0.25, 0.3) is 33.7 Å². The third kappa shape index (κ3) is 12.1. The second-order valence-electron chi connectivity index (χ2n) is 18.4. The lowest BCUT2D eigenvalue weighted by molar-refractivity contribution is -0.205. The number of nitrogens with zero attached hydrogens (tertiary/aromatic N) is 2. The summed E-state index contributed by atoms with van der Waals surface area (Å²) < 4.78 is 18.1. The highest BCUT2D eigenvalue weighted by Gasteiger charge is 2.43. The number of H-pyrrole nitrogens is 2. The smallest absolute Gasteiger partial charge is 0.188 e. The van der Waals surface area contributed by atoms with Crippen molar-refractivity contribution in [1.29, 1.82) is 0 Å². The predicted octanol–water partition coefficient (Wildman–Crippen LogP) is 7.27. The lowest BCUT2D eigenvalue weighted by Gasteiger charge is -2.39. The molecule has 17 heteroatoms. The van der Waals surface area contributed by atoms with E-state index in [1.807, 2.05) is 0 Å². The lowest BCUT2D eigenvalue weighted by atomic mass is 9.86. The van der Waals surface area contributed by atoms with Crippen molar-refractivity contribution < 1.29 is 49.6 Å². The van der Waals surface area contributed by atoms with Gasteiger partial charge in [0, 0.05) is 82.5 Å². The minimum Gasteiger partial charge on any atom is -0.394 e. The molecule has 67 heavy (non-hydrogen) atoms. The van der Waals surface area contributed by atoms with Gasteiger partial charge in [-0.2, -0.15) is 0 Å².